The number of piperazine rings is 1. The predicted octanol–water partition coefficient (Wildman–Crippen LogP) is -0.0100. The molecule has 0 aromatic rings. The minimum Gasteiger partial charge on any atom is -0.354 e. The number of hydrogen-bond donors (Lipinski definition) is 1. The summed E-state index contributed by atoms with van der Waals surface area (Å²) >= 11 is 0. The average molecular weight is 141 g/mol. The number of rotatable bonds is 2. The van der Waals surface area contributed by atoms with E-state index >= 15 is 0 Å². The molecule has 0 aliphatic carbocycles. The van der Waals surface area contributed by atoms with Crippen LogP contribution in [0.2, 0.25) is 0 Å². The molecule has 0 aromatic carbocycles. The van der Waals surface area contributed by atoms with E-state index in [0.29, 0.717) is 6.54 Å². The largest absolute Gasteiger partial charge is 0.354 e. The minimum absolute atomic E-state index is 0.135. The standard InChI is InChI=1S/C7H13N2O/c1-2-4-9-5-3-8-7(10)6-9/h4H,2-3,5-6H2,1H3,(H,8,10). The maximum atomic E-state index is 10.8. The van der Waals surface area contributed by atoms with Gasteiger partial charge in [-0.3, -0.25) is 9.69 Å². The van der Waals surface area contributed by atoms with Crippen molar-refractivity contribution in [2.75, 3.05) is 19.6 Å². The Labute approximate surface area is 61.4 Å². The van der Waals surface area contributed by atoms with Crippen LogP contribution in [0.25, 0.3) is 0 Å². The second kappa shape index (κ2) is 3.56. The third kappa shape index (κ3) is 1.99. The summed E-state index contributed by atoms with van der Waals surface area (Å²) in [7, 11) is 0. The molecule has 1 fully saturated rings. The van der Waals surface area contributed by atoms with Gasteiger partial charge in [-0.2, -0.15) is 0 Å². The Hall–Kier alpha value is -0.570. The summed E-state index contributed by atoms with van der Waals surface area (Å²) in [5, 5.41) is 2.77. The van der Waals surface area contributed by atoms with E-state index in [4.69, 9.17) is 0 Å². The molecule has 1 N–H and O–H groups in total. The number of hydrogen-bond acceptors (Lipinski definition) is 2. The van der Waals surface area contributed by atoms with E-state index in [-0.39, 0.29) is 5.91 Å². The fraction of sp³-hybridized carbons (Fsp3) is 0.714. The van der Waals surface area contributed by atoms with Crippen LogP contribution in [0.3, 0.4) is 0 Å². The van der Waals surface area contributed by atoms with Gasteiger partial charge in [0.1, 0.15) is 0 Å². The van der Waals surface area contributed by atoms with E-state index in [9.17, 15) is 4.79 Å². The van der Waals surface area contributed by atoms with Gasteiger partial charge in [0.05, 0.1) is 6.54 Å². The van der Waals surface area contributed by atoms with E-state index in [1.807, 2.05) is 0 Å². The summed E-state index contributed by atoms with van der Waals surface area (Å²) in [4.78, 5) is 12.8. The Kier molecular flexibility index (Phi) is 2.68. The van der Waals surface area contributed by atoms with Crippen molar-refractivity contribution in [2.45, 2.75) is 13.3 Å². The zero-order valence-corrected chi connectivity index (χ0v) is 6.26. The first kappa shape index (κ1) is 7.54. The lowest BCUT2D eigenvalue weighted by Crippen LogP contribution is -2.46. The highest BCUT2D eigenvalue weighted by atomic mass is 16.2. The molecule has 1 aliphatic rings. The fourth-order valence-corrected chi connectivity index (χ4v) is 1.07. The van der Waals surface area contributed by atoms with Gasteiger partial charge in [-0.15, -0.1) is 0 Å². The van der Waals surface area contributed by atoms with Crippen molar-refractivity contribution in [3.63, 3.8) is 0 Å². The predicted molar refractivity (Wildman–Crippen MR) is 39.2 cm³/mol. The van der Waals surface area contributed by atoms with Crippen LogP contribution in [0, 0.1) is 6.54 Å². The van der Waals surface area contributed by atoms with Crippen molar-refractivity contribution in [2.24, 2.45) is 0 Å². The first-order chi connectivity index (χ1) is 4.83. The van der Waals surface area contributed by atoms with Crippen LogP contribution >= 0.6 is 0 Å². The van der Waals surface area contributed by atoms with Gasteiger partial charge < -0.3 is 5.32 Å². The molecule has 0 bridgehead atoms. The lowest BCUT2D eigenvalue weighted by molar-refractivity contribution is -0.123. The number of amides is 1. The smallest absolute Gasteiger partial charge is 0.234 e. The van der Waals surface area contributed by atoms with Crippen molar-refractivity contribution >= 4 is 5.91 Å². The molecule has 0 atom stereocenters. The monoisotopic (exact) mass is 141 g/mol. The molecule has 1 radical (unpaired) electrons. The third-order valence-electron chi connectivity index (χ3n) is 1.51. The molecular formula is C7H13N2O. The number of nitrogens with zero attached hydrogens (tertiary/aromatic N) is 1. The molecule has 0 spiro atoms. The van der Waals surface area contributed by atoms with Gasteiger partial charge >= 0.3 is 0 Å². The van der Waals surface area contributed by atoms with Crippen LogP contribution < -0.4 is 5.32 Å². The van der Waals surface area contributed by atoms with Crippen molar-refractivity contribution in [3.05, 3.63) is 6.54 Å². The van der Waals surface area contributed by atoms with Crippen molar-refractivity contribution in [1.82, 2.24) is 10.2 Å². The number of nitrogens with one attached hydrogen (secondary N) is 1. The molecule has 1 amide bonds. The molecule has 10 heavy (non-hydrogen) atoms. The second-order valence-electron chi connectivity index (χ2n) is 2.41. The van der Waals surface area contributed by atoms with Gasteiger partial charge in [-0.05, 0) is 6.42 Å². The normalized spacial score (nSPS) is 20.7. The van der Waals surface area contributed by atoms with Crippen LogP contribution in [0.5, 0.6) is 0 Å². The summed E-state index contributed by atoms with van der Waals surface area (Å²) in [6, 6.07) is 0. The van der Waals surface area contributed by atoms with Crippen LogP contribution in [0.1, 0.15) is 13.3 Å². The van der Waals surface area contributed by atoms with Crippen molar-refractivity contribution in [1.29, 1.82) is 0 Å². The molecule has 57 valence electrons. The average Bonchev–Trinajstić information content (AvgIpc) is 1.88. The molecule has 1 rings (SSSR count). The van der Waals surface area contributed by atoms with E-state index in [0.717, 1.165) is 19.5 Å². The molecular weight excluding hydrogens is 128 g/mol. The van der Waals surface area contributed by atoms with Gasteiger partial charge in [0, 0.05) is 19.6 Å². The summed E-state index contributed by atoms with van der Waals surface area (Å²) < 4.78 is 0. The summed E-state index contributed by atoms with van der Waals surface area (Å²) in [5.41, 5.74) is 0. The molecule has 1 heterocycles. The second-order valence-corrected chi connectivity index (χ2v) is 2.41. The highest BCUT2D eigenvalue weighted by molar-refractivity contribution is 5.78. The first-order valence-corrected chi connectivity index (χ1v) is 3.67. The van der Waals surface area contributed by atoms with Gasteiger partial charge in [-0.25, -0.2) is 0 Å². The lowest BCUT2D eigenvalue weighted by Gasteiger charge is -2.25. The summed E-state index contributed by atoms with van der Waals surface area (Å²) in [6.07, 6.45) is 1.01. The third-order valence-corrected chi connectivity index (χ3v) is 1.51. The van der Waals surface area contributed by atoms with E-state index in [1.165, 1.54) is 0 Å². The van der Waals surface area contributed by atoms with Crippen molar-refractivity contribution in [3.8, 4) is 0 Å². The Morgan fingerprint density at radius 2 is 2.60 bits per heavy atom. The molecule has 1 aliphatic heterocycles. The van der Waals surface area contributed by atoms with Crippen LogP contribution in [-0.2, 0) is 4.79 Å². The SMILES string of the molecule is CC[CH]N1CCNC(=O)C1. The first-order valence-electron chi connectivity index (χ1n) is 3.67. The highest BCUT2D eigenvalue weighted by Crippen LogP contribution is 1.98. The topological polar surface area (TPSA) is 32.3 Å². The molecule has 1 saturated heterocycles. The minimum atomic E-state index is 0.135. The number of carbonyl (C=O) groups excluding carboxylic acids is 1. The molecule has 3 heteroatoms. The van der Waals surface area contributed by atoms with Crippen LogP contribution in [0.4, 0.5) is 0 Å². The Balaban J connectivity index is 2.25. The van der Waals surface area contributed by atoms with Crippen molar-refractivity contribution < 1.29 is 4.79 Å². The molecule has 0 aromatic heterocycles. The Bertz CT molecular complexity index is 123. The highest BCUT2D eigenvalue weighted by Gasteiger charge is 2.14. The maximum Gasteiger partial charge on any atom is 0.234 e. The fourth-order valence-electron chi connectivity index (χ4n) is 1.07. The Morgan fingerprint density at radius 1 is 1.80 bits per heavy atom. The maximum absolute atomic E-state index is 10.8. The lowest BCUT2D eigenvalue weighted by atomic mass is 10.3. The summed E-state index contributed by atoms with van der Waals surface area (Å²) in [6.45, 7) is 6.42. The molecule has 0 saturated carbocycles. The van der Waals surface area contributed by atoms with E-state index < -0.39 is 0 Å². The zero-order valence-electron chi connectivity index (χ0n) is 6.26. The van der Waals surface area contributed by atoms with E-state index in [1.54, 1.807) is 0 Å². The quantitative estimate of drug-likeness (QED) is 0.586. The molecule has 0 unspecified atom stereocenters. The van der Waals surface area contributed by atoms with Crippen LogP contribution in [-0.4, -0.2) is 30.4 Å². The van der Waals surface area contributed by atoms with Gasteiger partial charge in [-0.1, -0.05) is 6.92 Å². The Morgan fingerprint density at radius 3 is 3.20 bits per heavy atom. The van der Waals surface area contributed by atoms with Gasteiger partial charge in [0.2, 0.25) is 5.91 Å². The zero-order chi connectivity index (χ0) is 7.40. The van der Waals surface area contributed by atoms with Gasteiger partial charge in [0.15, 0.2) is 0 Å². The van der Waals surface area contributed by atoms with Crippen LogP contribution in [0.15, 0.2) is 0 Å². The van der Waals surface area contributed by atoms with Gasteiger partial charge in [0.25, 0.3) is 0 Å². The molecule has 3 nitrogen and oxygen atoms in total. The number of carbonyl (C=O) groups is 1. The summed E-state index contributed by atoms with van der Waals surface area (Å²) in [5.74, 6) is 0.135. The van der Waals surface area contributed by atoms with E-state index in [2.05, 4.69) is 23.7 Å².